The maximum atomic E-state index is 10.4. The first-order chi connectivity index (χ1) is 7.15. The molecule has 0 fully saturated rings. The van der Waals surface area contributed by atoms with Crippen LogP contribution in [0, 0.1) is 10.1 Å². The predicted molar refractivity (Wildman–Crippen MR) is 62.3 cm³/mol. The Kier molecular flexibility index (Phi) is 2.68. The molecule has 4 heteroatoms. The maximum absolute atomic E-state index is 10.4. The minimum atomic E-state index is -0.319. The lowest BCUT2D eigenvalue weighted by Crippen LogP contribution is -1.97. The Morgan fingerprint density at radius 2 is 1.80 bits per heavy atom. The lowest BCUT2D eigenvalue weighted by molar-refractivity contribution is -0.496. The smallest absolute Gasteiger partial charge is 0.228 e. The predicted octanol–water partition coefficient (Wildman–Crippen LogP) is 3.38. The molecule has 0 aliphatic carbocycles. The van der Waals surface area contributed by atoms with Crippen molar-refractivity contribution in [3.8, 4) is 0 Å². The van der Waals surface area contributed by atoms with Crippen molar-refractivity contribution in [1.82, 2.24) is 0 Å². The third-order valence-corrected chi connectivity index (χ3v) is 2.67. The number of hydrogen-bond acceptors (Lipinski definition) is 2. The molecule has 0 atom stereocenters. The second kappa shape index (κ2) is 3.98. The van der Waals surface area contributed by atoms with Crippen LogP contribution in [0.3, 0.4) is 0 Å². The highest BCUT2D eigenvalue weighted by Gasteiger charge is 2.02. The molecule has 0 saturated carbocycles. The van der Waals surface area contributed by atoms with Gasteiger partial charge in [-0.1, -0.05) is 34.1 Å². The van der Waals surface area contributed by atoms with Crippen molar-refractivity contribution < 1.29 is 4.92 Å². The van der Waals surface area contributed by atoms with Crippen molar-refractivity contribution in [2.45, 2.75) is 6.54 Å². The van der Waals surface area contributed by atoms with Crippen LogP contribution in [0.2, 0.25) is 0 Å². The molecule has 2 rings (SSSR count). The Morgan fingerprint density at radius 3 is 2.53 bits per heavy atom. The van der Waals surface area contributed by atoms with Crippen LogP contribution in [0.5, 0.6) is 0 Å². The van der Waals surface area contributed by atoms with Gasteiger partial charge in [0.15, 0.2) is 0 Å². The Bertz CT molecular complexity index is 525. The number of fused-ring (bicyclic) bond motifs is 1. The van der Waals surface area contributed by atoms with Gasteiger partial charge in [-0.2, -0.15) is 0 Å². The molecular weight excluding hydrogens is 258 g/mol. The standard InChI is InChI=1S/C11H8BrNO2/c12-11-4-3-9-5-8(7-13(14)15)1-2-10(9)6-11/h1-6H,7H2. The van der Waals surface area contributed by atoms with Gasteiger partial charge in [0.2, 0.25) is 6.54 Å². The summed E-state index contributed by atoms with van der Waals surface area (Å²) in [5.41, 5.74) is 0.731. The fraction of sp³-hybridized carbons (Fsp3) is 0.0909. The van der Waals surface area contributed by atoms with E-state index in [2.05, 4.69) is 15.9 Å². The summed E-state index contributed by atoms with van der Waals surface area (Å²) in [5, 5.41) is 12.5. The summed E-state index contributed by atoms with van der Waals surface area (Å²) < 4.78 is 1.01. The van der Waals surface area contributed by atoms with E-state index in [1.165, 1.54) is 0 Å². The molecular formula is C11H8BrNO2. The van der Waals surface area contributed by atoms with Crippen molar-refractivity contribution in [2.75, 3.05) is 0 Å². The van der Waals surface area contributed by atoms with Crippen LogP contribution in [0.25, 0.3) is 10.8 Å². The average molecular weight is 266 g/mol. The number of hydrogen-bond donors (Lipinski definition) is 0. The molecule has 0 N–H and O–H groups in total. The largest absolute Gasteiger partial charge is 0.264 e. The summed E-state index contributed by atoms with van der Waals surface area (Å²) in [5.74, 6) is 0. The van der Waals surface area contributed by atoms with Crippen LogP contribution < -0.4 is 0 Å². The van der Waals surface area contributed by atoms with Crippen LogP contribution >= 0.6 is 15.9 Å². The summed E-state index contributed by atoms with van der Waals surface area (Å²) in [6.45, 7) is -0.119. The lowest BCUT2D eigenvalue weighted by atomic mass is 10.1. The van der Waals surface area contributed by atoms with Gasteiger partial charge in [-0.25, -0.2) is 0 Å². The first-order valence-corrected chi connectivity index (χ1v) is 5.24. The van der Waals surface area contributed by atoms with Gasteiger partial charge >= 0.3 is 0 Å². The van der Waals surface area contributed by atoms with Gasteiger partial charge in [0.25, 0.3) is 0 Å². The summed E-state index contributed by atoms with van der Waals surface area (Å²) in [4.78, 5) is 10.0. The van der Waals surface area contributed by atoms with Gasteiger partial charge in [-0.05, 0) is 29.0 Å². The molecule has 2 aromatic carbocycles. The zero-order valence-electron chi connectivity index (χ0n) is 7.81. The lowest BCUT2D eigenvalue weighted by Gasteiger charge is -2.00. The van der Waals surface area contributed by atoms with Gasteiger partial charge in [-0.3, -0.25) is 10.1 Å². The molecule has 15 heavy (non-hydrogen) atoms. The van der Waals surface area contributed by atoms with E-state index < -0.39 is 0 Å². The summed E-state index contributed by atoms with van der Waals surface area (Å²) >= 11 is 3.38. The number of nitro groups is 1. The molecule has 0 radical (unpaired) electrons. The van der Waals surface area contributed by atoms with E-state index in [-0.39, 0.29) is 11.5 Å². The number of rotatable bonds is 2. The highest BCUT2D eigenvalue weighted by Crippen LogP contribution is 2.21. The van der Waals surface area contributed by atoms with E-state index in [9.17, 15) is 10.1 Å². The van der Waals surface area contributed by atoms with E-state index in [1.807, 2.05) is 30.3 Å². The average Bonchev–Trinajstić information content (AvgIpc) is 2.17. The van der Waals surface area contributed by atoms with Gasteiger partial charge in [0, 0.05) is 15.0 Å². The molecule has 0 spiro atoms. The van der Waals surface area contributed by atoms with E-state index in [4.69, 9.17) is 0 Å². The summed E-state index contributed by atoms with van der Waals surface area (Å²) in [6, 6.07) is 11.4. The molecule has 0 unspecified atom stereocenters. The van der Waals surface area contributed by atoms with Crippen LogP contribution in [0.1, 0.15) is 5.56 Å². The minimum Gasteiger partial charge on any atom is -0.264 e. The van der Waals surface area contributed by atoms with E-state index >= 15 is 0 Å². The molecule has 3 nitrogen and oxygen atoms in total. The van der Waals surface area contributed by atoms with E-state index in [1.54, 1.807) is 6.07 Å². The SMILES string of the molecule is O=[N+]([O-])Cc1ccc2cc(Br)ccc2c1. The Morgan fingerprint density at radius 1 is 1.13 bits per heavy atom. The van der Waals surface area contributed by atoms with Gasteiger partial charge in [0.05, 0.1) is 0 Å². The topological polar surface area (TPSA) is 43.1 Å². The monoisotopic (exact) mass is 265 g/mol. The van der Waals surface area contributed by atoms with E-state index in [0.717, 1.165) is 20.8 Å². The molecule has 0 bridgehead atoms. The maximum Gasteiger partial charge on any atom is 0.228 e. The molecule has 2 aromatic rings. The number of halogens is 1. The Hall–Kier alpha value is -1.42. The van der Waals surface area contributed by atoms with Crippen molar-refractivity contribution in [3.63, 3.8) is 0 Å². The van der Waals surface area contributed by atoms with Crippen molar-refractivity contribution in [2.24, 2.45) is 0 Å². The molecule has 76 valence electrons. The fourth-order valence-electron chi connectivity index (χ4n) is 1.51. The molecule has 0 heterocycles. The van der Waals surface area contributed by atoms with Crippen LogP contribution in [-0.4, -0.2) is 4.92 Å². The van der Waals surface area contributed by atoms with Crippen molar-refractivity contribution >= 4 is 26.7 Å². The fourth-order valence-corrected chi connectivity index (χ4v) is 1.89. The van der Waals surface area contributed by atoms with Gasteiger partial charge < -0.3 is 0 Å². The number of nitrogens with zero attached hydrogens (tertiary/aromatic N) is 1. The first kappa shape index (κ1) is 10.1. The zero-order valence-corrected chi connectivity index (χ0v) is 9.40. The first-order valence-electron chi connectivity index (χ1n) is 4.45. The van der Waals surface area contributed by atoms with Gasteiger partial charge in [0.1, 0.15) is 0 Å². The highest BCUT2D eigenvalue weighted by atomic mass is 79.9. The third kappa shape index (κ3) is 2.33. The molecule has 0 amide bonds. The molecule has 0 aliphatic heterocycles. The summed E-state index contributed by atoms with van der Waals surface area (Å²) in [7, 11) is 0. The molecule has 0 aliphatic rings. The van der Waals surface area contributed by atoms with Crippen molar-refractivity contribution in [1.29, 1.82) is 0 Å². The van der Waals surface area contributed by atoms with Crippen molar-refractivity contribution in [3.05, 3.63) is 56.5 Å². The van der Waals surface area contributed by atoms with Crippen LogP contribution in [0.4, 0.5) is 0 Å². The summed E-state index contributed by atoms with van der Waals surface area (Å²) in [6.07, 6.45) is 0. The highest BCUT2D eigenvalue weighted by molar-refractivity contribution is 9.10. The quantitative estimate of drug-likeness (QED) is 0.617. The van der Waals surface area contributed by atoms with Crippen LogP contribution in [-0.2, 0) is 6.54 Å². The molecule has 0 saturated heterocycles. The number of benzene rings is 2. The molecule has 0 aromatic heterocycles. The van der Waals surface area contributed by atoms with Gasteiger partial charge in [-0.15, -0.1) is 0 Å². The van der Waals surface area contributed by atoms with Crippen LogP contribution in [0.15, 0.2) is 40.9 Å². The second-order valence-electron chi connectivity index (χ2n) is 3.32. The zero-order chi connectivity index (χ0) is 10.8. The Labute approximate surface area is 95.0 Å². The second-order valence-corrected chi connectivity index (χ2v) is 4.23. The Balaban J connectivity index is 2.47. The third-order valence-electron chi connectivity index (χ3n) is 2.18. The van der Waals surface area contributed by atoms with E-state index in [0.29, 0.717) is 0 Å². The normalized spacial score (nSPS) is 10.5. The minimum absolute atomic E-state index is 0.119.